The van der Waals surface area contributed by atoms with Crippen molar-refractivity contribution >= 4 is 34.8 Å². The zero-order chi connectivity index (χ0) is 22.5. The van der Waals surface area contributed by atoms with Gasteiger partial charge in [0.05, 0.1) is 28.6 Å². The van der Waals surface area contributed by atoms with Crippen molar-refractivity contribution in [1.82, 2.24) is 15.0 Å². The molecule has 3 aromatic carbocycles. The molecule has 0 radical (unpaired) electrons. The number of nitrogens with zero attached hydrogens (tertiary/aromatic N) is 3. The van der Waals surface area contributed by atoms with Crippen molar-refractivity contribution in [1.29, 1.82) is 0 Å². The number of thioether (sulfide) groups is 1. The predicted molar refractivity (Wildman–Crippen MR) is 125 cm³/mol. The molecule has 32 heavy (non-hydrogen) atoms. The fraction of sp³-hybridized carbons (Fsp3) is 0.0833. The van der Waals surface area contributed by atoms with Crippen LogP contribution in [0.5, 0.6) is 0 Å². The van der Waals surface area contributed by atoms with Crippen LogP contribution in [-0.2, 0) is 4.79 Å². The standard InChI is InChI=1S/C24H19FN4O2S/c1-16-10-12-18(13-11-16)29-23(31)19-7-3-5-9-21(19)27-24(29)32-15-22(30)28-26-14-17-6-2-4-8-20(17)25/h2-14H,15H2,1H3,(H,28,30)/b26-14-. The number of aromatic nitrogens is 2. The Morgan fingerprint density at radius 3 is 2.59 bits per heavy atom. The fourth-order valence-electron chi connectivity index (χ4n) is 3.05. The smallest absolute Gasteiger partial charge is 0.266 e. The molecule has 4 rings (SSSR count). The molecule has 4 aromatic rings. The van der Waals surface area contributed by atoms with E-state index in [1.54, 1.807) is 36.4 Å². The maximum absolute atomic E-state index is 13.6. The molecule has 0 saturated heterocycles. The molecule has 0 fully saturated rings. The van der Waals surface area contributed by atoms with E-state index in [-0.39, 0.29) is 16.9 Å². The third kappa shape index (κ3) is 4.76. The molecule has 0 aliphatic carbocycles. The van der Waals surface area contributed by atoms with E-state index < -0.39 is 11.7 Å². The number of hydrogen-bond donors (Lipinski definition) is 1. The molecule has 1 aromatic heterocycles. The van der Waals surface area contributed by atoms with Crippen LogP contribution in [0, 0.1) is 12.7 Å². The number of aryl methyl sites for hydroxylation is 1. The average Bonchev–Trinajstić information content (AvgIpc) is 2.80. The summed E-state index contributed by atoms with van der Waals surface area (Å²) in [5, 5.41) is 4.70. The zero-order valence-corrected chi connectivity index (χ0v) is 18.0. The molecule has 1 heterocycles. The highest BCUT2D eigenvalue weighted by molar-refractivity contribution is 7.99. The number of amides is 1. The van der Waals surface area contributed by atoms with Crippen LogP contribution in [0.3, 0.4) is 0 Å². The van der Waals surface area contributed by atoms with Crippen molar-refractivity contribution in [2.24, 2.45) is 5.10 Å². The zero-order valence-electron chi connectivity index (χ0n) is 17.2. The van der Waals surface area contributed by atoms with Crippen LogP contribution in [0.15, 0.2) is 87.8 Å². The molecule has 0 aliphatic heterocycles. The predicted octanol–water partition coefficient (Wildman–Crippen LogP) is 4.08. The number of carbonyl (C=O) groups excluding carboxylic acids is 1. The third-order valence-electron chi connectivity index (χ3n) is 4.67. The van der Waals surface area contributed by atoms with Gasteiger partial charge in [-0.2, -0.15) is 5.10 Å². The van der Waals surface area contributed by atoms with Crippen molar-refractivity contribution in [3.63, 3.8) is 0 Å². The molecule has 0 bridgehead atoms. The number of rotatable bonds is 6. The van der Waals surface area contributed by atoms with Crippen LogP contribution in [-0.4, -0.2) is 27.4 Å². The summed E-state index contributed by atoms with van der Waals surface area (Å²) in [6, 6.07) is 20.7. The lowest BCUT2D eigenvalue weighted by molar-refractivity contribution is -0.118. The molecular formula is C24H19FN4O2S. The van der Waals surface area contributed by atoms with Gasteiger partial charge in [-0.05, 0) is 37.3 Å². The summed E-state index contributed by atoms with van der Waals surface area (Å²) in [5.41, 5.74) is 4.72. The van der Waals surface area contributed by atoms with Gasteiger partial charge in [0.25, 0.3) is 11.5 Å². The van der Waals surface area contributed by atoms with E-state index in [0.717, 1.165) is 17.3 Å². The fourth-order valence-corrected chi connectivity index (χ4v) is 3.85. The van der Waals surface area contributed by atoms with Gasteiger partial charge < -0.3 is 0 Å². The average molecular weight is 447 g/mol. The third-order valence-corrected chi connectivity index (χ3v) is 5.61. The molecule has 0 saturated carbocycles. The highest BCUT2D eigenvalue weighted by Crippen LogP contribution is 2.21. The molecule has 0 spiro atoms. The number of carbonyl (C=O) groups is 1. The Bertz CT molecular complexity index is 1370. The Labute approximate surface area is 187 Å². The summed E-state index contributed by atoms with van der Waals surface area (Å²) in [4.78, 5) is 30.1. The number of halogens is 1. The quantitative estimate of drug-likeness (QED) is 0.210. The van der Waals surface area contributed by atoms with Gasteiger partial charge in [-0.25, -0.2) is 14.8 Å². The van der Waals surface area contributed by atoms with Gasteiger partial charge in [-0.1, -0.05) is 59.8 Å². The maximum Gasteiger partial charge on any atom is 0.266 e. The van der Waals surface area contributed by atoms with E-state index in [1.807, 2.05) is 37.3 Å². The molecule has 6 nitrogen and oxygen atoms in total. The van der Waals surface area contributed by atoms with Crippen LogP contribution in [0.25, 0.3) is 16.6 Å². The Balaban J connectivity index is 1.57. The minimum Gasteiger partial charge on any atom is -0.272 e. The van der Waals surface area contributed by atoms with Gasteiger partial charge in [0.1, 0.15) is 5.82 Å². The molecule has 8 heteroatoms. The topological polar surface area (TPSA) is 76.3 Å². The van der Waals surface area contributed by atoms with E-state index in [0.29, 0.717) is 21.7 Å². The summed E-state index contributed by atoms with van der Waals surface area (Å²) >= 11 is 1.12. The van der Waals surface area contributed by atoms with E-state index >= 15 is 0 Å². The van der Waals surface area contributed by atoms with Gasteiger partial charge in [0.2, 0.25) is 0 Å². The van der Waals surface area contributed by atoms with Crippen LogP contribution in [0.1, 0.15) is 11.1 Å². The van der Waals surface area contributed by atoms with Crippen molar-refractivity contribution < 1.29 is 9.18 Å². The summed E-state index contributed by atoms with van der Waals surface area (Å²) in [7, 11) is 0. The highest BCUT2D eigenvalue weighted by atomic mass is 32.2. The first-order valence-corrected chi connectivity index (χ1v) is 10.8. The first-order valence-electron chi connectivity index (χ1n) is 9.81. The monoisotopic (exact) mass is 446 g/mol. The van der Waals surface area contributed by atoms with E-state index in [9.17, 15) is 14.0 Å². The minimum absolute atomic E-state index is 0.0226. The van der Waals surface area contributed by atoms with Gasteiger partial charge in [0, 0.05) is 5.56 Å². The summed E-state index contributed by atoms with van der Waals surface area (Å²) < 4.78 is 15.1. The van der Waals surface area contributed by atoms with Crippen LogP contribution in [0.4, 0.5) is 4.39 Å². The number of nitrogens with one attached hydrogen (secondary N) is 1. The van der Waals surface area contributed by atoms with Crippen molar-refractivity contribution in [2.75, 3.05) is 5.75 Å². The van der Waals surface area contributed by atoms with Gasteiger partial charge in [-0.15, -0.1) is 0 Å². The number of hydrogen-bond acceptors (Lipinski definition) is 5. The molecule has 160 valence electrons. The normalized spacial score (nSPS) is 11.2. The Hall–Kier alpha value is -3.78. The lowest BCUT2D eigenvalue weighted by Gasteiger charge is -2.13. The van der Waals surface area contributed by atoms with Crippen molar-refractivity contribution in [2.45, 2.75) is 12.1 Å². The lowest BCUT2D eigenvalue weighted by Crippen LogP contribution is -2.24. The number of para-hydroxylation sites is 1. The second-order valence-electron chi connectivity index (χ2n) is 6.99. The maximum atomic E-state index is 13.6. The number of hydrazone groups is 1. The Morgan fingerprint density at radius 2 is 1.81 bits per heavy atom. The molecule has 0 unspecified atom stereocenters. The first kappa shape index (κ1) is 21.5. The Morgan fingerprint density at radius 1 is 1.09 bits per heavy atom. The van der Waals surface area contributed by atoms with E-state index in [1.165, 1.54) is 16.8 Å². The second kappa shape index (κ2) is 9.57. The van der Waals surface area contributed by atoms with E-state index in [2.05, 4.69) is 15.5 Å². The van der Waals surface area contributed by atoms with Crippen LogP contribution < -0.4 is 11.0 Å². The summed E-state index contributed by atoms with van der Waals surface area (Å²) in [6.45, 7) is 1.97. The molecule has 0 atom stereocenters. The van der Waals surface area contributed by atoms with Gasteiger partial charge in [-0.3, -0.25) is 14.2 Å². The van der Waals surface area contributed by atoms with Crippen LogP contribution >= 0.6 is 11.8 Å². The molecular weight excluding hydrogens is 427 g/mol. The Kier molecular flexibility index (Phi) is 6.42. The molecule has 0 aliphatic rings. The first-order chi connectivity index (χ1) is 15.5. The lowest BCUT2D eigenvalue weighted by atomic mass is 10.2. The number of benzene rings is 3. The van der Waals surface area contributed by atoms with Crippen molar-refractivity contribution in [3.05, 3.63) is 100 Å². The highest BCUT2D eigenvalue weighted by Gasteiger charge is 2.14. The summed E-state index contributed by atoms with van der Waals surface area (Å²) in [5.74, 6) is -0.853. The minimum atomic E-state index is -0.428. The summed E-state index contributed by atoms with van der Waals surface area (Å²) in [6.07, 6.45) is 1.24. The molecule has 1 N–H and O–H groups in total. The van der Waals surface area contributed by atoms with Gasteiger partial charge in [0.15, 0.2) is 5.16 Å². The number of fused-ring (bicyclic) bond motifs is 1. The largest absolute Gasteiger partial charge is 0.272 e. The second-order valence-corrected chi connectivity index (χ2v) is 7.93. The van der Waals surface area contributed by atoms with Crippen LogP contribution in [0.2, 0.25) is 0 Å². The molecule has 1 amide bonds. The van der Waals surface area contributed by atoms with E-state index in [4.69, 9.17) is 0 Å². The SMILES string of the molecule is Cc1ccc(-n2c(SCC(=O)N/N=C\c3ccccc3F)nc3ccccc3c2=O)cc1. The van der Waals surface area contributed by atoms with Crippen molar-refractivity contribution in [3.8, 4) is 5.69 Å². The van der Waals surface area contributed by atoms with Gasteiger partial charge >= 0.3 is 0 Å².